The number of carbonyl (C=O) groups excluding carboxylic acids is 1. The zero-order valence-corrected chi connectivity index (χ0v) is 7.84. The first-order valence-electron chi connectivity index (χ1n) is 3.49. The Morgan fingerprint density at radius 2 is 2.23 bits per heavy atom. The van der Waals surface area contributed by atoms with Crippen molar-refractivity contribution >= 4 is 23.8 Å². The first-order chi connectivity index (χ1) is 6.07. The molecule has 7 heteroatoms. The van der Waals surface area contributed by atoms with E-state index >= 15 is 0 Å². The van der Waals surface area contributed by atoms with Gasteiger partial charge in [0, 0.05) is 35.8 Å². The van der Waals surface area contributed by atoms with Gasteiger partial charge in [0.25, 0.3) is 0 Å². The first kappa shape index (κ1) is 11.9. The van der Waals surface area contributed by atoms with E-state index in [1.165, 1.54) is 6.92 Å². The Kier molecular flexibility index (Phi) is 5.86. The zero-order chi connectivity index (χ0) is 10.3. The van der Waals surface area contributed by atoms with Crippen LogP contribution in [-0.4, -0.2) is 29.3 Å². The summed E-state index contributed by atoms with van der Waals surface area (Å²) in [6.07, 6.45) is 0. The average molecular weight is 206 g/mol. The maximum Gasteiger partial charge on any atom is 0.309 e. The molecule has 0 aromatic heterocycles. The SMILES string of the molecule is CC(=O)NC[C@@H](CSN=O)C(=O)O. The molecule has 0 bridgehead atoms. The Morgan fingerprint density at radius 3 is 2.62 bits per heavy atom. The molecule has 0 rings (SSSR count). The van der Waals surface area contributed by atoms with Crippen molar-refractivity contribution in [2.24, 2.45) is 10.5 Å². The second-order valence-electron chi connectivity index (χ2n) is 2.34. The molecule has 0 spiro atoms. The topological polar surface area (TPSA) is 95.8 Å². The fraction of sp³-hybridized carbons (Fsp3) is 0.667. The molecule has 0 aromatic carbocycles. The fourth-order valence-electron chi connectivity index (χ4n) is 0.605. The lowest BCUT2D eigenvalue weighted by molar-refractivity contribution is -0.140. The summed E-state index contributed by atoms with van der Waals surface area (Å²) in [6.45, 7) is 1.32. The predicted molar refractivity (Wildman–Crippen MR) is 48.1 cm³/mol. The van der Waals surface area contributed by atoms with E-state index in [9.17, 15) is 14.5 Å². The fourth-order valence-corrected chi connectivity index (χ4v) is 1.11. The van der Waals surface area contributed by atoms with E-state index in [0.717, 1.165) is 0 Å². The molecule has 0 aliphatic heterocycles. The van der Waals surface area contributed by atoms with Gasteiger partial charge in [0.15, 0.2) is 0 Å². The summed E-state index contributed by atoms with van der Waals surface area (Å²) in [4.78, 5) is 30.7. The number of rotatable bonds is 6. The third kappa shape index (κ3) is 6.09. The number of carboxylic acid groups (broad SMARTS) is 1. The van der Waals surface area contributed by atoms with E-state index in [0.29, 0.717) is 11.9 Å². The van der Waals surface area contributed by atoms with E-state index in [1.54, 1.807) is 0 Å². The van der Waals surface area contributed by atoms with Crippen LogP contribution in [0.5, 0.6) is 0 Å². The van der Waals surface area contributed by atoms with Gasteiger partial charge in [-0.15, -0.1) is 4.91 Å². The number of carboxylic acids is 1. The van der Waals surface area contributed by atoms with E-state index in [1.807, 2.05) is 0 Å². The second kappa shape index (κ2) is 6.41. The Morgan fingerprint density at radius 1 is 1.62 bits per heavy atom. The minimum absolute atomic E-state index is 0.0210. The highest BCUT2D eigenvalue weighted by Gasteiger charge is 2.17. The number of nitroso groups, excluding NO2 is 1. The van der Waals surface area contributed by atoms with Crippen molar-refractivity contribution in [1.29, 1.82) is 0 Å². The summed E-state index contributed by atoms with van der Waals surface area (Å²) in [5, 5.41) is 11.0. The smallest absolute Gasteiger partial charge is 0.309 e. The Bertz CT molecular complexity index is 209. The van der Waals surface area contributed by atoms with E-state index in [-0.39, 0.29) is 18.2 Å². The molecular weight excluding hydrogens is 196 g/mol. The van der Waals surface area contributed by atoms with E-state index < -0.39 is 11.9 Å². The van der Waals surface area contributed by atoms with Gasteiger partial charge in [-0.2, -0.15) is 0 Å². The molecule has 1 atom stereocenters. The molecular formula is C6H10N2O4S. The van der Waals surface area contributed by atoms with E-state index in [4.69, 9.17) is 5.11 Å². The number of nitrogens with one attached hydrogen (secondary N) is 1. The quantitative estimate of drug-likeness (QED) is 0.479. The summed E-state index contributed by atoms with van der Waals surface area (Å²) < 4.78 is 2.48. The van der Waals surface area contributed by atoms with Crippen molar-refractivity contribution in [3.05, 3.63) is 4.91 Å². The molecule has 0 heterocycles. The number of hydrogen-bond acceptors (Lipinski definition) is 5. The van der Waals surface area contributed by atoms with Gasteiger partial charge in [-0.3, -0.25) is 9.59 Å². The molecule has 0 aromatic rings. The number of hydrogen-bond donors (Lipinski definition) is 2. The van der Waals surface area contributed by atoms with Gasteiger partial charge in [-0.25, -0.2) is 0 Å². The van der Waals surface area contributed by atoms with Gasteiger partial charge in [0.1, 0.15) is 0 Å². The van der Waals surface area contributed by atoms with Gasteiger partial charge in [0.2, 0.25) is 5.91 Å². The lowest BCUT2D eigenvalue weighted by Gasteiger charge is -2.09. The lowest BCUT2D eigenvalue weighted by atomic mass is 10.2. The third-order valence-corrected chi connectivity index (χ3v) is 1.93. The summed E-state index contributed by atoms with van der Waals surface area (Å²) >= 11 is 0.634. The largest absolute Gasteiger partial charge is 0.481 e. The minimum Gasteiger partial charge on any atom is -0.481 e. The summed E-state index contributed by atoms with van der Waals surface area (Å²) in [6, 6.07) is 0. The summed E-state index contributed by atoms with van der Waals surface area (Å²) in [7, 11) is 0. The molecule has 0 radical (unpaired) electrons. The number of nitrogens with zero attached hydrogens (tertiary/aromatic N) is 1. The van der Waals surface area contributed by atoms with Gasteiger partial charge < -0.3 is 10.4 Å². The van der Waals surface area contributed by atoms with Crippen LogP contribution in [0, 0.1) is 10.8 Å². The van der Waals surface area contributed by atoms with Crippen molar-refractivity contribution in [2.45, 2.75) is 6.92 Å². The van der Waals surface area contributed by atoms with Crippen LogP contribution in [0.4, 0.5) is 0 Å². The number of aliphatic carboxylic acids is 1. The molecule has 0 fully saturated rings. The van der Waals surface area contributed by atoms with Crippen LogP contribution in [0.3, 0.4) is 0 Å². The van der Waals surface area contributed by atoms with Crippen LogP contribution in [0.1, 0.15) is 6.92 Å². The van der Waals surface area contributed by atoms with Crippen LogP contribution in [0.25, 0.3) is 0 Å². The molecule has 74 valence electrons. The molecule has 6 nitrogen and oxygen atoms in total. The number of amides is 1. The second-order valence-corrected chi connectivity index (χ2v) is 3.08. The Labute approximate surface area is 79.2 Å². The van der Waals surface area contributed by atoms with Crippen LogP contribution >= 0.6 is 11.9 Å². The number of carbonyl (C=O) groups is 2. The standard InChI is InChI=1S/C6H10N2O4S/c1-4(9)7-2-5(6(10)11)3-13-8-12/h5H,2-3H2,1H3,(H,7,9)(H,10,11)/t5-/m0/s1. The molecule has 1 amide bonds. The minimum atomic E-state index is -1.05. The highest BCUT2D eigenvalue weighted by Crippen LogP contribution is 2.08. The van der Waals surface area contributed by atoms with Gasteiger partial charge in [0.05, 0.1) is 5.92 Å². The molecule has 13 heavy (non-hydrogen) atoms. The molecule has 2 N–H and O–H groups in total. The maximum absolute atomic E-state index is 10.5. The average Bonchev–Trinajstić information content (AvgIpc) is 2.03. The normalized spacial score (nSPS) is 11.8. The van der Waals surface area contributed by atoms with Gasteiger partial charge in [-0.1, -0.05) is 0 Å². The van der Waals surface area contributed by atoms with Crippen molar-refractivity contribution in [1.82, 2.24) is 5.32 Å². The Balaban J connectivity index is 3.87. The molecule has 0 aliphatic rings. The highest BCUT2D eigenvalue weighted by atomic mass is 32.2. The molecule has 0 unspecified atom stereocenters. The predicted octanol–water partition coefficient (Wildman–Crippen LogP) is 0.238. The Hall–Kier alpha value is -1.11. The van der Waals surface area contributed by atoms with Crippen LogP contribution in [0.2, 0.25) is 0 Å². The summed E-state index contributed by atoms with van der Waals surface area (Å²) in [5.41, 5.74) is 0. The van der Waals surface area contributed by atoms with Gasteiger partial charge >= 0.3 is 5.97 Å². The zero-order valence-electron chi connectivity index (χ0n) is 7.02. The monoisotopic (exact) mass is 206 g/mol. The van der Waals surface area contributed by atoms with Crippen LogP contribution < -0.4 is 5.32 Å². The third-order valence-electron chi connectivity index (χ3n) is 1.28. The molecule has 0 aliphatic carbocycles. The van der Waals surface area contributed by atoms with E-state index in [2.05, 4.69) is 9.90 Å². The van der Waals surface area contributed by atoms with Crippen molar-refractivity contribution in [3.63, 3.8) is 0 Å². The van der Waals surface area contributed by atoms with Crippen molar-refractivity contribution in [3.8, 4) is 0 Å². The van der Waals surface area contributed by atoms with Gasteiger partial charge in [-0.05, 0) is 0 Å². The van der Waals surface area contributed by atoms with Crippen molar-refractivity contribution in [2.75, 3.05) is 12.3 Å². The van der Waals surface area contributed by atoms with Crippen molar-refractivity contribution < 1.29 is 14.7 Å². The first-order valence-corrected chi connectivity index (χ1v) is 4.44. The lowest BCUT2D eigenvalue weighted by Crippen LogP contribution is -2.32. The summed E-state index contributed by atoms with van der Waals surface area (Å²) in [5.74, 6) is -2.05. The highest BCUT2D eigenvalue weighted by molar-refractivity contribution is 7.97. The molecule has 0 saturated carbocycles. The maximum atomic E-state index is 10.5. The van der Waals surface area contributed by atoms with Crippen LogP contribution in [0.15, 0.2) is 4.58 Å². The molecule has 0 saturated heterocycles. The van der Waals surface area contributed by atoms with Crippen LogP contribution in [-0.2, 0) is 9.59 Å².